The van der Waals surface area contributed by atoms with Gasteiger partial charge in [-0.25, -0.2) is 0 Å². The maximum absolute atomic E-state index is 6.90. The lowest BCUT2D eigenvalue weighted by Crippen LogP contribution is -2.63. The Balaban J connectivity index is 1.59. The van der Waals surface area contributed by atoms with Gasteiger partial charge in [-0.05, 0) is 74.1 Å². The van der Waals surface area contributed by atoms with E-state index in [4.69, 9.17) is 5.73 Å². The van der Waals surface area contributed by atoms with Crippen LogP contribution < -0.4 is 5.73 Å². The average molecular weight is 347 g/mol. The summed E-state index contributed by atoms with van der Waals surface area (Å²) in [6.07, 6.45) is 6.47. The highest BCUT2D eigenvalue weighted by Crippen LogP contribution is 2.59. The summed E-state index contributed by atoms with van der Waals surface area (Å²) in [4.78, 5) is 2.81. The molecular formula is C24H30N2. The van der Waals surface area contributed by atoms with Crippen LogP contribution in [0.25, 0.3) is 0 Å². The van der Waals surface area contributed by atoms with Crippen LogP contribution in [0.2, 0.25) is 0 Å². The van der Waals surface area contributed by atoms with Crippen molar-refractivity contribution in [2.24, 2.45) is 11.7 Å². The van der Waals surface area contributed by atoms with Crippen LogP contribution in [0.4, 0.5) is 0 Å². The van der Waals surface area contributed by atoms with E-state index in [1.807, 2.05) is 0 Å². The monoisotopic (exact) mass is 346 g/mol. The third kappa shape index (κ3) is 2.62. The standard InChI is InChI=1S/C24H30N2/c25-22-17-24(26-13-7-8-14-26)15-20(18-9-3-1-4-10-18)23(22)21(16-24)19-11-5-2-6-12-19/h1-6,9-12,20-23H,7-8,13-17,25H2. The molecule has 0 amide bonds. The van der Waals surface area contributed by atoms with Crippen molar-refractivity contribution in [1.82, 2.24) is 4.90 Å². The van der Waals surface area contributed by atoms with Crippen molar-refractivity contribution >= 4 is 0 Å². The first kappa shape index (κ1) is 16.5. The molecule has 3 atom stereocenters. The second-order valence-corrected chi connectivity index (χ2v) is 8.81. The van der Waals surface area contributed by atoms with Gasteiger partial charge in [-0.2, -0.15) is 0 Å². The number of nitrogens with zero attached hydrogens (tertiary/aromatic N) is 1. The van der Waals surface area contributed by atoms with Crippen molar-refractivity contribution in [3.8, 4) is 0 Å². The lowest BCUT2D eigenvalue weighted by Gasteiger charge is -2.61. The second-order valence-electron chi connectivity index (χ2n) is 8.81. The molecule has 1 heterocycles. The van der Waals surface area contributed by atoms with Gasteiger partial charge in [-0.1, -0.05) is 60.7 Å². The Hall–Kier alpha value is -1.64. The number of hydrogen-bond donors (Lipinski definition) is 1. The summed E-state index contributed by atoms with van der Waals surface area (Å²) in [6.45, 7) is 2.53. The minimum atomic E-state index is 0.297. The molecule has 0 spiro atoms. The summed E-state index contributed by atoms with van der Waals surface area (Å²) in [6, 6.07) is 22.7. The van der Waals surface area contributed by atoms with Gasteiger partial charge in [0.25, 0.3) is 0 Å². The molecule has 26 heavy (non-hydrogen) atoms. The molecule has 2 aromatic rings. The van der Waals surface area contributed by atoms with Gasteiger partial charge in [0.15, 0.2) is 0 Å². The van der Waals surface area contributed by atoms with Crippen LogP contribution in [0.3, 0.4) is 0 Å². The van der Waals surface area contributed by atoms with Crippen LogP contribution in [-0.4, -0.2) is 29.6 Å². The quantitative estimate of drug-likeness (QED) is 0.885. The fourth-order valence-electron chi connectivity index (χ4n) is 6.45. The molecular weight excluding hydrogens is 316 g/mol. The van der Waals surface area contributed by atoms with E-state index >= 15 is 0 Å². The van der Waals surface area contributed by atoms with Crippen molar-refractivity contribution in [1.29, 1.82) is 0 Å². The molecule has 3 aliphatic carbocycles. The number of likely N-dealkylation sites (tertiary alicyclic amines) is 1. The van der Waals surface area contributed by atoms with Gasteiger partial charge < -0.3 is 5.73 Å². The lowest BCUT2D eigenvalue weighted by molar-refractivity contribution is -0.0360. The Morgan fingerprint density at radius 2 is 1.23 bits per heavy atom. The van der Waals surface area contributed by atoms with Gasteiger partial charge in [0.05, 0.1) is 0 Å². The van der Waals surface area contributed by atoms with Gasteiger partial charge in [0, 0.05) is 11.6 Å². The molecule has 1 aliphatic heterocycles. The van der Waals surface area contributed by atoms with Crippen molar-refractivity contribution in [3.05, 3.63) is 71.8 Å². The van der Waals surface area contributed by atoms with E-state index in [2.05, 4.69) is 65.6 Å². The van der Waals surface area contributed by atoms with E-state index in [0.717, 1.165) is 0 Å². The third-order valence-electron chi connectivity index (χ3n) is 7.47. The first-order chi connectivity index (χ1) is 12.8. The SMILES string of the molecule is NC1CC2(N3CCCC3)CC(c3ccccc3)C1C(c1ccccc1)C2. The molecule has 1 saturated heterocycles. The van der Waals surface area contributed by atoms with Crippen LogP contribution >= 0.6 is 0 Å². The van der Waals surface area contributed by atoms with E-state index in [9.17, 15) is 0 Å². The van der Waals surface area contributed by atoms with Gasteiger partial charge in [-0.3, -0.25) is 4.90 Å². The van der Waals surface area contributed by atoms with Crippen molar-refractivity contribution in [2.45, 2.75) is 55.5 Å². The molecule has 4 aliphatic rings. The highest BCUT2D eigenvalue weighted by atomic mass is 15.2. The van der Waals surface area contributed by atoms with E-state index in [0.29, 0.717) is 29.3 Å². The third-order valence-corrected chi connectivity index (χ3v) is 7.47. The fourth-order valence-corrected chi connectivity index (χ4v) is 6.45. The van der Waals surface area contributed by atoms with Crippen LogP contribution in [0, 0.1) is 5.92 Å². The first-order valence-electron chi connectivity index (χ1n) is 10.4. The smallest absolute Gasteiger partial charge is 0.0236 e. The molecule has 2 aromatic carbocycles. The minimum absolute atomic E-state index is 0.297. The van der Waals surface area contributed by atoms with Gasteiger partial charge in [0.1, 0.15) is 0 Å². The molecule has 3 unspecified atom stereocenters. The maximum Gasteiger partial charge on any atom is 0.0236 e. The Labute approximate surface area is 157 Å². The number of hydrogen-bond acceptors (Lipinski definition) is 2. The highest BCUT2D eigenvalue weighted by Gasteiger charge is 2.57. The maximum atomic E-state index is 6.90. The molecule has 0 aromatic heterocycles. The molecule has 4 fully saturated rings. The van der Waals surface area contributed by atoms with Crippen molar-refractivity contribution < 1.29 is 0 Å². The van der Waals surface area contributed by atoms with E-state index < -0.39 is 0 Å². The minimum Gasteiger partial charge on any atom is -0.327 e. The predicted octanol–water partition coefficient (Wildman–Crippen LogP) is 4.53. The molecule has 2 N–H and O–H groups in total. The molecule has 2 nitrogen and oxygen atoms in total. The van der Waals surface area contributed by atoms with E-state index in [1.54, 1.807) is 0 Å². The summed E-state index contributed by atoms with van der Waals surface area (Å²) in [5.41, 5.74) is 10.2. The molecule has 0 radical (unpaired) electrons. The lowest BCUT2D eigenvalue weighted by atomic mass is 9.51. The summed E-state index contributed by atoms with van der Waals surface area (Å²) in [7, 11) is 0. The molecule has 6 rings (SSSR count). The van der Waals surface area contributed by atoms with E-state index in [-0.39, 0.29) is 0 Å². The highest BCUT2D eigenvalue weighted by molar-refractivity contribution is 5.33. The van der Waals surface area contributed by atoms with Crippen LogP contribution in [0.15, 0.2) is 60.7 Å². The number of nitrogens with two attached hydrogens (primary N) is 1. The Morgan fingerprint density at radius 3 is 1.73 bits per heavy atom. The summed E-state index contributed by atoms with van der Waals surface area (Å²) in [5, 5.41) is 0. The fraction of sp³-hybridized carbons (Fsp3) is 0.500. The zero-order valence-corrected chi connectivity index (χ0v) is 15.6. The Morgan fingerprint density at radius 1 is 0.731 bits per heavy atom. The number of benzene rings is 2. The predicted molar refractivity (Wildman–Crippen MR) is 107 cm³/mol. The second kappa shape index (κ2) is 6.51. The summed E-state index contributed by atoms with van der Waals surface area (Å²) >= 11 is 0. The van der Waals surface area contributed by atoms with Crippen LogP contribution in [-0.2, 0) is 0 Å². The Kier molecular flexibility index (Phi) is 4.14. The van der Waals surface area contributed by atoms with Crippen molar-refractivity contribution in [2.75, 3.05) is 13.1 Å². The average Bonchev–Trinajstić information content (AvgIpc) is 3.25. The normalized spacial score (nSPS) is 37.1. The van der Waals surface area contributed by atoms with Gasteiger partial charge >= 0.3 is 0 Å². The van der Waals surface area contributed by atoms with Crippen LogP contribution in [0.5, 0.6) is 0 Å². The van der Waals surface area contributed by atoms with Gasteiger partial charge in [0.2, 0.25) is 0 Å². The summed E-state index contributed by atoms with van der Waals surface area (Å²) in [5.74, 6) is 1.73. The van der Waals surface area contributed by atoms with Gasteiger partial charge in [-0.15, -0.1) is 0 Å². The number of rotatable bonds is 3. The zero-order chi connectivity index (χ0) is 17.6. The zero-order valence-electron chi connectivity index (χ0n) is 15.6. The molecule has 2 heteroatoms. The topological polar surface area (TPSA) is 29.3 Å². The molecule has 3 saturated carbocycles. The first-order valence-corrected chi connectivity index (χ1v) is 10.4. The summed E-state index contributed by atoms with van der Waals surface area (Å²) < 4.78 is 0. The number of fused-ring (bicyclic) bond motifs is 3. The molecule has 136 valence electrons. The largest absolute Gasteiger partial charge is 0.327 e. The van der Waals surface area contributed by atoms with Crippen molar-refractivity contribution in [3.63, 3.8) is 0 Å². The van der Waals surface area contributed by atoms with E-state index in [1.165, 1.54) is 56.3 Å². The Bertz CT molecular complexity index is 686. The molecule has 2 bridgehead atoms. The van der Waals surface area contributed by atoms with Crippen LogP contribution in [0.1, 0.15) is 55.1 Å².